The largest absolute Gasteiger partial charge is 0.307 e. The van der Waals surface area contributed by atoms with Gasteiger partial charge in [0.15, 0.2) is 0 Å². The number of rotatable bonds is 4. The van der Waals surface area contributed by atoms with Crippen molar-refractivity contribution < 1.29 is 4.79 Å². The van der Waals surface area contributed by atoms with Crippen LogP contribution in [-0.2, 0) is 11.8 Å². The molecule has 0 aromatic carbocycles. The van der Waals surface area contributed by atoms with Gasteiger partial charge in [0, 0.05) is 49.5 Å². The maximum atomic E-state index is 12.0. The summed E-state index contributed by atoms with van der Waals surface area (Å²) in [7, 11) is 1.78. The van der Waals surface area contributed by atoms with Crippen molar-refractivity contribution in [3.63, 3.8) is 0 Å². The molecule has 6 heteroatoms. The Morgan fingerprint density at radius 3 is 2.74 bits per heavy atom. The van der Waals surface area contributed by atoms with E-state index in [0.29, 0.717) is 5.82 Å². The molecule has 23 heavy (non-hydrogen) atoms. The second-order valence-electron chi connectivity index (χ2n) is 4.88. The van der Waals surface area contributed by atoms with Gasteiger partial charge in [-0.15, -0.1) is 0 Å². The Labute approximate surface area is 133 Å². The summed E-state index contributed by atoms with van der Waals surface area (Å²) in [6.07, 6.45) is 9.97. The van der Waals surface area contributed by atoms with E-state index in [-0.39, 0.29) is 5.91 Å². The minimum atomic E-state index is -0.224. The van der Waals surface area contributed by atoms with Crippen LogP contribution in [0.5, 0.6) is 0 Å². The third-order valence-corrected chi connectivity index (χ3v) is 3.22. The normalized spacial score (nSPS) is 10.8. The summed E-state index contributed by atoms with van der Waals surface area (Å²) in [5.74, 6) is 0.399. The molecule has 1 N–H and O–H groups in total. The van der Waals surface area contributed by atoms with Crippen molar-refractivity contribution in [3.8, 4) is 11.3 Å². The Bertz CT molecular complexity index is 825. The molecule has 0 atom stereocenters. The van der Waals surface area contributed by atoms with Gasteiger partial charge in [-0.2, -0.15) is 5.10 Å². The number of hydrogen-bond acceptors (Lipinski definition) is 4. The quantitative estimate of drug-likeness (QED) is 0.752. The highest BCUT2D eigenvalue weighted by Crippen LogP contribution is 2.20. The molecule has 0 aliphatic heterocycles. The zero-order chi connectivity index (χ0) is 16.1. The zero-order valence-corrected chi connectivity index (χ0v) is 12.5. The number of hydrogen-bond donors (Lipinski definition) is 1. The molecule has 0 unspecified atom stereocenters. The summed E-state index contributed by atoms with van der Waals surface area (Å²) >= 11 is 0. The molecule has 0 spiro atoms. The van der Waals surface area contributed by atoms with Crippen LogP contribution in [0.4, 0.5) is 5.82 Å². The zero-order valence-electron chi connectivity index (χ0n) is 12.5. The van der Waals surface area contributed by atoms with E-state index in [9.17, 15) is 4.79 Å². The van der Waals surface area contributed by atoms with Crippen LogP contribution in [0.3, 0.4) is 0 Å². The van der Waals surface area contributed by atoms with Gasteiger partial charge in [0.2, 0.25) is 5.91 Å². The molecule has 0 bridgehead atoms. The van der Waals surface area contributed by atoms with E-state index in [4.69, 9.17) is 0 Å². The van der Waals surface area contributed by atoms with Crippen molar-refractivity contribution in [2.45, 2.75) is 0 Å². The van der Waals surface area contributed by atoms with Crippen LogP contribution >= 0.6 is 0 Å². The van der Waals surface area contributed by atoms with Gasteiger partial charge in [-0.3, -0.25) is 19.4 Å². The first kappa shape index (κ1) is 14.6. The number of nitrogens with zero attached hydrogens (tertiary/aromatic N) is 4. The van der Waals surface area contributed by atoms with Crippen molar-refractivity contribution in [3.05, 3.63) is 66.8 Å². The SMILES string of the molecule is Cn1nc(-c2ccncc2)cc1NC(=O)/C=C\c1cccnc1. The molecular weight excluding hydrogens is 290 g/mol. The van der Waals surface area contributed by atoms with Gasteiger partial charge < -0.3 is 5.32 Å². The Morgan fingerprint density at radius 2 is 2.00 bits per heavy atom. The predicted octanol–water partition coefficient (Wildman–Crippen LogP) is 2.53. The Morgan fingerprint density at radius 1 is 1.17 bits per heavy atom. The number of pyridine rings is 2. The van der Waals surface area contributed by atoms with Crippen molar-refractivity contribution in [1.82, 2.24) is 19.7 Å². The molecule has 1 amide bonds. The second kappa shape index (κ2) is 6.65. The van der Waals surface area contributed by atoms with Crippen LogP contribution in [0, 0.1) is 0 Å². The molecule has 3 heterocycles. The van der Waals surface area contributed by atoms with Crippen LogP contribution in [-0.4, -0.2) is 25.7 Å². The van der Waals surface area contributed by atoms with Crippen molar-refractivity contribution >= 4 is 17.8 Å². The number of aryl methyl sites for hydroxylation is 1. The molecule has 3 aromatic rings. The van der Waals surface area contributed by atoms with Crippen LogP contribution in [0.1, 0.15) is 5.56 Å². The van der Waals surface area contributed by atoms with Crippen LogP contribution in [0.15, 0.2) is 61.2 Å². The lowest BCUT2D eigenvalue weighted by molar-refractivity contribution is -0.111. The van der Waals surface area contributed by atoms with E-state index in [1.807, 2.05) is 30.3 Å². The van der Waals surface area contributed by atoms with E-state index in [0.717, 1.165) is 16.8 Å². The van der Waals surface area contributed by atoms with E-state index in [1.165, 1.54) is 6.08 Å². The van der Waals surface area contributed by atoms with Crippen molar-refractivity contribution in [2.75, 3.05) is 5.32 Å². The van der Waals surface area contributed by atoms with Crippen molar-refractivity contribution in [2.24, 2.45) is 7.05 Å². The smallest absolute Gasteiger partial charge is 0.249 e. The minimum absolute atomic E-state index is 0.224. The molecule has 0 radical (unpaired) electrons. The second-order valence-corrected chi connectivity index (χ2v) is 4.88. The maximum Gasteiger partial charge on any atom is 0.249 e. The summed E-state index contributed by atoms with van der Waals surface area (Å²) in [6.45, 7) is 0. The fourth-order valence-electron chi connectivity index (χ4n) is 2.06. The lowest BCUT2D eigenvalue weighted by atomic mass is 10.2. The number of carbonyl (C=O) groups excluding carboxylic acids is 1. The summed E-state index contributed by atoms with van der Waals surface area (Å²) in [5.41, 5.74) is 2.59. The fraction of sp³-hybridized carbons (Fsp3) is 0.0588. The number of carbonyl (C=O) groups is 1. The topological polar surface area (TPSA) is 72.7 Å². The number of nitrogens with one attached hydrogen (secondary N) is 1. The molecule has 3 rings (SSSR count). The summed E-state index contributed by atoms with van der Waals surface area (Å²) in [4.78, 5) is 20.0. The van der Waals surface area contributed by atoms with Crippen LogP contribution < -0.4 is 5.32 Å². The minimum Gasteiger partial charge on any atom is -0.307 e. The molecule has 0 fully saturated rings. The third-order valence-electron chi connectivity index (χ3n) is 3.22. The van der Waals surface area contributed by atoms with Gasteiger partial charge in [-0.1, -0.05) is 6.07 Å². The van der Waals surface area contributed by atoms with Gasteiger partial charge >= 0.3 is 0 Å². The van der Waals surface area contributed by atoms with E-state index < -0.39 is 0 Å². The Balaban J connectivity index is 1.72. The van der Waals surface area contributed by atoms with Gasteiger partial charge in [-0.25, -0.2) is 0 Å². The first-order valence-corrected chi connectivity index (χ1v) is 7.06. The highest BCUT2D eigenvalue weighted by molar-refractivity contribution is 6.01. The van der Waals surface area contributed by atoms with E-state index >= 15 is 0 Å². The molecule has 114 valence electrons. The lowest BCUT2D eigenvalue weighted by Crippen LogP contribution is -2.11. The molecular formula is C17H15N5O. The standard InChI is InChI=1S/C17H15N5O/c1-22-16(11-15(21-22)14-6-9-18-10-7-14)20-17(23)5-4-13-3-2-8-19-12-13/h2-12H,1H3,(H,20,23)/b5-4-. The first-order chi connectivity index (χ1) is 11.2. The Kier molecular flexibility index (Phi) is 4.24. The average Bonchev–Trinajstić information content (AvgIpc) is 2.95. The van der Waals surface area contributed by atoms with E-state index in [2.05, 4.69) is 20.4 Å². The monoisotopic (exact) mass is 305 g/mol. The molecule has 0 saturated carbocycles. The van der Waals surface area contributed by atoms with Gasteiger partial charge in [0.05, 0.1) is 5.69 Å². The number of anilines is 1. The van der Waals surface area contributed by atoms with Crippen LogP contribution in [0.2, 0.25) is 0 Å². The molecule has 0 aliphatic rings. The highest BCUT2D eigenvalue weighted by Gasteiger charge is 2.08. The highest BCUT2D eigenvalue weighted by atomic mass is 16.1. The molecule has 3 aromatic heterocycles. The first-order valence-electron chi connectivity index (χ1n) is 7.06. The number of aromatic nitrogens is 4. The van der Waals surface area contributed by atoms with Gasteiger partial charge in [0.25, 0.3) is 0 Å². The Hall–Kier alpha value is -3.28. The number of amides is 1. The molecule has 6 nitrogen and oxygen atoms in total. The molecule has 0 saturated heterocycles. The van der Waals surface area contributed by atoms with Gasteiger partial charge in [0.1, 0.15) is 5.82 Å². The third kappa shape index (κ3) is 3.68. The van der Waals surface area contributed by atoms with Crippen molar-refractivity contribution in [1.29, 1.82) is 0 Å². The average molecular weight is 305 g/mol. The summed E-state index contributed by atoms with van der Waals surface area (Å²) in [6, 6.07) is 9.26. The molecule has 0 aliphatic carbocycles. The maximum absolute atomic E-state index is 12.0. The van der Waals surface area contributed by atoms with E-state index in [1.54, 1.807) is 42.6 Å². The lowest BCUT2D eigenvalue weighted by Gasteiger charge is -2.01. The fourth-order valence-corrected chi connectivity index (χ4v) is 2.06. The van der Waals surface area contributed by atoms with Gasteiger partial charge in [-0.05, 0) is 29.8 Å². The predicted molar refractivity (Wildman–Crippen MR) is 88.3 cm³/mol. The van der Waals surface area contributed by atoms with Crippen LogP contribution in [0.25, 0.3) is 17.3 Å². The summed E-state index contributed by atoms with van der Waals surface area (Å²) in [5, 5.41) is 7.20. The summed E-state index contributed by atoms with van der Waals surface area (Å²) < 4.78 is 1.63.